The second kappa shape index (κ2) is 7.75. The molecule has 2 aromatic rings. The maximum absolute atomic E-state index is 13.8. The van der Waals surface area contributed by atoms with Gasteiger partial charge < -0.3 is 10.8 Å². The molecule has 1 fully saturated rings. The van der Waals surface area contributed by atoms with Crippen molar-refractivity contribution in [3.8, 4) is 0 Å². The van der Waals surface area contributed by atoms with Crippen LogP contribution in [-0.2, 0) is 5.60 Å². The van der Waals surface area contributed by atoms with E-state index in [4.69, 9.17) is 17.3 Å². The lowest BCUT2D eigenvalue weighted by Crippen LogP contribution is -2.43. The molecule has 2 nitrogen and oxygen atoms in total. The Morgan fingerprint density at radius 1 is 1.22 bits per heavy atom. The van der Waals surface area contributed by atoms with Crippen LogP contribution in [0.1, 0.15) is 44.2 Å². The third kappa shape index (κ3) is 3.82. The normalized spacial score (nSPS) is 26.7. The molecule has 0 radical (unpaired) electrons. The Balaban J connectivity index is 2.27. The first-order valence-electron chi connectivity index (χ1n) is 9.44. The number of hydrogen-bond donors (Lipinski definition) is 2. The molecule has 0 saturated heterocycles. The molecule has 0 aliphatic heterocycles. The molecule has 0 heterocycles. The van der Waals surface area contributed by atoms with Crippen molar-refractivity contribution < 1.29 is 9.50 Å². The third-order valence-electron chi connectivity index (χ3n) is 5.84. The second-order valence-electron chi connectivity index (χ2n) is 8.07. The van der Waals surface area contributed by atoms with E-state index < -0.39 is 11.4 Å². The number of halogens is 2. The Bertz CT molecular complexity index is 834. The quantitative estimate of drug-likeness (QED) is 0.679. The summed E-state index contributed by atoms with van der Waals surface area (Å²) in [4.78, 5) is 0. The van der Waals surface area contributed by atoms with E-state index in [0.29, 0.717) is 12.1 Å². The van der Waals surface area contributed by atoms with Crippen LogP contribution in [-0.4, -0.2) is 11.7 Å². The zero-order valence-electron chi connectivity index (χ0n) is 15.9. The van der Waals surface area contributed by atoms with E-state index in [1.165, 1.54) is 6.07 Å². The standard InChI is InChI=1S/C23H27ClFNO/c1-22(2)12-6-9-18(15-26)23(27,17-10-11-20(25)19(24)14-17)21(22)13-16-7-4-3-5-8-16/h3-5,7-8,10-11,13-14,18,27H,6,9,12,15,26H2,1-2H3. The van der Waals surface area contributed by atoms with Crippen molar-refractivity contribution in [2.24, 2.45) is 17.1 Å². The van der Waals surface area contributed by atoms with Gasteiger partial charge in [0, 0.05) is 5.92 Å². The Labute approximate surface area is 165 Å². The molecule has 0 aromatic heterocycles. The highest BCUT2D eigenvalue weighted by Crippen LogP contribution is 2.52. The van der Waals surface area contributed by atoms with Gasteiger partial charge in [0.2, 0.25) is 0 Å². The van der Waals surface area contributed by atoms with E-state index in [1.54, 1.807) is 12.1 Å². The average Bonchev–Trinajstić information content (AvgIpc) is 2.74. The summed E-state index contributed by atoms with van der Waals surface area (Å²) in [5.74, 6) is -0.662. The molecule has 0 bridgehead atoms. The molecule has 0 amide bonds. The largest absolute Gasteiger partial charge is 0.380 e. The molecule has 27 heavy (non-hydrogen) atoms. The van der Waals surface area contributed by atoms with E-state index >= 15 is 0 Å². The van der Waals surface area contributed by atoms with E-state index in [1.807, 2.05) is 30.3 Å². The van der Waals surface area contributed by atoms with Crippen molar-refractivity contribution in [1.82, 2.24) is 0 Å². The van der Waals surface area contributed by atoms with Crippen molar-refractivity contribution in [3.63, 3.8) is 0 Å². The molecule has 0 spiro atoms. The van der Waals surface area contributed by atoms with Crippen LogP contribution < -0.4 is 5.73 Å². The van der Waals surface area contributed by atoms with Crippen LogP contribution in [0, 0.1) is 17.2 Å². The van der Waals surface area contributed by atoms with E-state index in [9.17, 15) is 9.50 Å². The van der Waals surface area contributed by atoms with Crippen LogP contribution in [0.2, 0.25) is 5.02 Å². The first kappa shape index (κ1) is 20.1. The van der Waals surface area contributed by atoms with Crippen LogP contribution in [0.4, 0.5) is 4.39 Å². The monoisotopic (exact) mass is 387 g/mol. The SMILES string of the molecule is CC1(C)CCCC(CN)C(O)(c2ccc(F)c(Cl)c2)C1=Cc1ccccc1. The van der Waals surface area contributed by atoms with Crippen LogP contribution in [0.15, 0.2) is 54.1 Å². The van der Waals surface area contributed by atoms with Gasteiger partial charge >= 0.3 is 0 Å². The van der Waals surface area contributed by atoms with Gasteiger partial charge in [-0.1, -0.05) is 74.3 Å². The van der Waals surface area contributed by atoms with Crippen molar-refractivity contribution in [3.05, 3.63) is 76.1 Å². The van der Waals surface area contributed by atoms with Crippen LogP contribution in [0.5, 0.6) is 0 Å². The Kier molecular flexibility index (Phi) is 5.76. The summed E-state index contributed by atoms with van der Waals surface area (Å²) in [5.41, 5.74) is 7.08. The van der Waals surface area contributed by atoms with Gasteiger partial charge in [-0.3, -0.25) is 0 Å². The van der Waals surface area contributed by atoms with Gasteiger partial charge in [-0.15, -0.1) is 0 Å². The summed E-state index contributed by atoms with van der Waals surface area (Å²) in [6.45, 7) is 4.64. The van der Waals surface area contributed by atoms with Gasteiger partial charge in [0.15, 0.2) is 0 Å². The van der Waals surface area contributed by atoms with Gasteiger partial charge in [-0.05, 0) is 53.6 Å². The summed E-state index contributed by atoms with van der Waals surface area (Å²) in [7, 11) is 0. The van der Waals surface area contributed by atoms with Crippen molar-refractivity contribution >= 4 is 17.7 Å². The van der Waals surface area contributed by atoms with Crippen molar-refractivity contribution in [1.29, 1.82) is 0 Å². The maximum atomic E-state index is 13.8. The van der Waals surface area contributed by atoms with Crippen molar-refractivity contribution in [2.75, 3.05) is 6.54 Å². The summed E-state index contributed by atoms with van der Waals surface area (Å²) in [6, 6.07) is 14.4. The van der Waals surface area contributed by atoms with E-state index in [2.05, 4.69) is 19.9 Å². The minimum Gasteiger partial charge on any atom is -0.380 e. The molecular formula is C23H27ClFNO. The first-order valence-corrected chi connectivity index (χ1v) is 9.82. The van der Waals surface area contributed by atoms with Gasteiger partial charge in [0.1, 0.15) is 11.4 Å². The molecule has 1 aliphatic carbocycles. The second-order valence-corrected chi connectivity index (χ2v) is 8.48. The topological polar surface area (TPSA) is 46.2 Å². The van der Waals surface area contributed by atoms with Gasteiger partial charge in [-0.2, -0.15) is 0 Å². The smallest absolute Gasteiger partial charge is 0.141 e. The predicted octanol–water partition coefficient (Wildman–Crippen LogP) is 5.54. The van der Waals surface area contributed by atoms with Crippen LogP contribution in [0.25, 0.3) is 6.08 Å². The zero-order valence-corrected chi connectivity index (χ0v) is 16.6. The zero-order chi connectivity index (χ0) is 19.7. The Morgan fingerprint density at radius 3 is 2.56 bits per heavy atom. The number of nitrogens with two attached hydrogens (primary N) is 1. The molecular weight excluding hydrogens is 361 g/mol. The van der Waals surface area contributed by atoms with E-state index in [-0.39, 0.29) is 16.4 Å². The number of rotatable bonds is 3. The number of hydrogen-bond acceptors (Lipinski definition) is 2. The minimum atomic E-state index is -1.30. The van der Waals surface area contributed by atoms with E-state index in [0.717, 1.165) is 30.4 Å². The van der Waals surface area contributed by atoms with Gasteiger partial charge in [-0.25, -0.2) is 4.39 Å². The summed E-state index contributed by atoms with van der Waals surface area (Å²) >= 11 is 6.07. The lowest BCUT2D eigenvalue weighted by molar-refractivity contribution is 0.00526. The highest BCUT2D eigenvalue weighted by atomic mass is 35.5. The van der Waals surface area contributed by atoms with Crippen LogP contribution >= 0.6 is 11.6 Å². The summed E-state index contributed by atoms with van der Waals surface area (Å²) in [6.07, 6.45) is 4.78. The summed E-state index contributed by atoms with van der Waals surface area (Å²) in [5, 5.41) is 12.1. The third-order valence-corrected chi connectivity index (χ3v) is 6.13. The minimum absolute atomic E-state index is 0.0119. The maximum Gasteiger partial charge on any atom is 0.141 e. The van der Waals surface area contributed by atoms with Crippen molar-refractivity contribution in [2.45, 2.75) is 38.7 Å². The number of benzene rings is 2. The van der Waals surface area contributed by atoms with Crippen LogP contribution in [0.3, 0.4) is 0 Å². The highest BCUT2D eigenvalue weighted by molar-refractivity contribution is 6.30. The predicted molar refractivity (Wildman–Crippen MR) is 110 cm³/mol. The lowest BCUT2D eigenvalue weighted by atomic mass is 9.67. The molecule has 3 rings (SSSR count). The average molecular weight is 388 g/mol. The molecule has 2 unspecified atom stereocenters. The summed E-state index contributed by atoms with van der Waals surface area (Å²) < 4.78 is 13.8. The highest BCUT2D eigenvalue weighted by Gasteiger charge is 2.48. The molecule has 144 valence electrons. The lowest BCUT2D eigenvalue weighted by Gasteiger charge is -2.42. The number of aliphatic hydroxyl groups is 1. The first-order chi connectivity index (χ1) is 12.8. The molecule has 2 aromatic carbocycles. The molecule has 1 aliphatic rings. The fraction of sp³-hybridized carbons (Fsp3) is 0.391. The molecule has 2 atom stereocenters. The Hall–Kier alpha value is -1.68. The fourth-order valence-electron chi connectivity index (χ4n) is 4.30. The van der Waals surface area contributed by atoms with Gasteiger partial charge in [0.25, 0.3) is 0 Å². The molecule has 1 saturated carbocycles. The fourth-order valence-corrected chi connectivity index (χ4v) is 4.48. The molecule has 3 N–H and O–H groups in total. The Morgan fingerprint density at radius 2 is 1.93 bits per heavy atom. The molecule has 4 heteroatoms. The van der Waals surface area contributed by atoms with Gasteiger partial charge in [0.05, 0.1) is 5.02 Å².